The van der Waals surface area contributed by atoms with Crippen LogP contribution in [0.4, 0.5) is 4.79 Å². The molecule has 3 atom stereocenters. The average Bonchev–Trinajstić information content (AvgIpc) is 3.35. The monoisotopic (exact) mass is 537 g/mol. The molecule has 0 saturated carbocycles. The van der Waals surface area contributed by atoms with Crippen molar-refractivity contribution in [3.63, 3.8) is 0 Å². The minimum Gasteiger partial charge on any atom is -0.346 e. The molecule has 1 aliphatic rings. The predicted molar refractivity (Wildman–Crippen MR) is 153 cm³/mol. The van der Waals surface area contributed by atoms with Crippen molar-refractivity contribution in [3.8, 4) is 12.3 Å². The molecule has 3 unspecified atom stereocenters. The molecule has 4 amide bonds. The summed E-state index contributed by atoms with van der Waals surface area (Å²) in [5.74, 6) is 0.786. The first-order chi connectivity index (χ1) is 17.9. The molecule has 0 aromatic carbocycles. The summed E-state index contributed by atoms with van der Waals surface area (Å²) in [5.41, 5.74) is -0.242. The summed E-state index contributed by atoms with van der Waals surface area (Å²) in [6.45, 7) is 18.2. The lowest BCUT2D eigenvalue weighted by atomic mass is 9.88. The highest BCUT2D eigenvalue weighted by molar-refractivity contribution is 6.38. The molecule has 0 aromatic heterocycles. The summed E-state index contributed by atoms with van der Waals surface area (Å²) in [7, 11) is 3.38. The van der Waals surface area contributed by atoms with Gasteiger partial charge in [0.2, 0.25) is 11.7 Å². The molecule has 4 N–H and O–H groups in total. The van der Waals surface area contributed by atoms with Crippen molar-refractivity contribution < 1.29 is 24.0 Å². The molecule has 1 saturated heterocycles. The maximum atomic E-state index is 12.3. The fourth-order valence-electron chi connectivity index (χ4n) is 3.08. The van der Waals surface area contributed by atoms with Crippen LogP contribution in [0.1, 0.15) is 74.1 Å². The minimum absolute atomic E-state index is 0.200. The van der Waals surface area contributed by atoms with Crippen LogP contribution < -0.4 is 21.3 Å². The minimum atomic E-state index is -0.887. The molecular weight excluding hydrogens is 486 g/mol. The van der Waals surface area contributed by atoms with E-state index in [9.17, 15) is 24.0 Å². The largest absolute Gasteiger partial charge is 0.346 e. The molecule has 1 aliphatic heterocycles. The number of amides is 4. The molecule has 10 nitrogen and oxygen atoms in total. The van der Waals surface area contributed by atoms with Crippen LogP contribution in [-0.2, 0) is 19.2 Å². The molecular formula is C28H51N5O5. The van der Waals surface area contributed by atoms with E-state index in [4.69, 9.17) is 6.42 Å². The van der Waals surface area contributed by atoms with Crippen LogP contribution in [0.15, 0.2) is 12.7 Å². The van der Waals surface area contributed by atoms with Gasteiger partial charge < -0.3 is 26.1 Å². The first-order valence-electron chi connectivity index (χ1n) is 13.2. The first kappa shape index (κ1) is 39.3. The van der Waals surface area contributed by atoms with Crippen molar-refractivity contribution in [2.24, 2.45) is 5.41 Å². The number of nitrogens with zero attached hydrogens (tertiary/aromatic N) is 1. The van der Waals surface area contributed by atoms with Crippen LogP contribution in [0.5, 0.6) is 0 Å². The lowest BCUT2D eigenvalue weighted by Crippen LogP contribution is -2.51. The number of Topliss-reactive ketones (excluding diaryl/α,β-unsaturated/α-hetero) is 1. The van der Waals surface area contributed by atoms with E-state index in [1.807, 2.05) is 60.4 Å². The number of likely N-dealkylation sites (tertiary alicyclic amines) is 1. The van der Waals surface area contributed by atoms with Gasteiger partial charge in [0.25, 0.3) is 5.91 Å². The van der Waals surface area contributed by atoms with E-state index >= 15 is 0 Å². The van der Waals surface area contributed by atoms with Crippen LogP contribution in [-0.4, -0.2) is 80.1 Å². The number of carbonyl (C=O) groups is 5. The maximum absolute atomic E-state index is 12.3. The van der Waals surface area contributed by atoms with Crippen molar-refractivity contribution >= 4 is 29.9 Å². The zero-order valence-electron chi connectivity index (χ0n) is 24.9. The van der Waals surface area contributed by atoms with Gasteiger partial charge in [-0.05, 0) is 38.3 Å². The van der Waals surface area contributed by atoms with Crippen LogP contribution in [0.25, 0.3) is 0 Å². The number of terminal acetylenes is 1. The van der Waals surface area contributed by atoms with E-state index in [0.717, 1.165) is 25.7 Å². The Morgan fingerprint density at radius 2 is 1.71 bits per heavy atom. The number of carbonyl (C=O) groups excluding carboxylic acids is 5. The standard InChI is InChI=1S/C16H23N3O3.C8H16N2O2.2C2H6/c1-4-6-8-12(14(20)16(22)17-10-5-2)18-15(21)13-9-7-11-19(13)3;1-8(2,3)6(5-11)10-7(12)9-4;2*1-2/h1,5,12-13H,2,6-11H2,3H3,(H,17,22)(H,18,21);5-6H,1-4H3,(H2,9,10,12);2*1-2H3. The third kappa shape index (κ3) is 16.5. The Bertz CT molecular complexity index is 771. The van der Waals surface area contributed by atoms with E-state index in [2.05, 4.69) is 33.8 Å². The van der Waals surface area contributed by atoms with Gasteiger partial charge >= 0.3 is 6.03 Å². The number of urea groups is 1. The summed E-state index contributed by atoms with van der Waals surface area (Å²) in [6.07, 6.45) is 9.69. The van der Waals surface area contributed by atoms with Gasteiger partial charge in [0, 0.05) is 20.0 Å². The maximum Gasteiger partial charge on any atom is 0.315 e. The van der Waals surface area contributed by atoms with Crippen molar-refractivity contribution in [1.82, 2.24) is 26.2 Å². The lowest BCUT2D eigenvalue weighted by molar-refractivity contribution is -0.140. The average molecular weight is 538 g/mol. The number of rotatable bonds is 10. The summed E-state index contributed by atoms with van der Waals surface area (Å²) < 4.78 is 0. The number of nitrogens with one attached hydrogen (secondary N) is 4. The molecule has 0 radical (unpaired) electrons. The molecule has 1 heterocycles. The molecule has 0 spiro atoms. The highest BCUT2D eigenvalue weighted by Gasteiger charge is 2.32. The quantitative estimate of drug-likeness (QED) is 0.146. The van der Waals surface area contributed by atoms with Crippen LogP contribution in [0.3, 0.4) is 0 Å². The molecule has 38 heavy (non-hydrogen) atoms. The molecule has 0 aromatic rings. The van der Waals surface area contributed by atoms with Crippen molar-refractivity contribution in [2.75, 3.05) is 27.2 Å². The van der Waals surface area contributed by atoms with Gasteiger partial charge in [-0.2, -0.15) is 0 Å². The van der Waals surface area contributed by atoms with Gasteiger partial charge in [-0.15, -0.1) is 18.9 Å². The van der Waals surface area contributed by atoms with E-state index in [0.29, 0.717) is 6.42 Å². The SMILES string of the molecule is C#CCCC(NC(=O)C1CCCN1C)C(=O)C(=O)NCC=C.CC.CC.CNC(=O)NC(C=O)C(C)(C)C. The van der Waals surface area contributed by atoms with Crippen molar-refractivity contribution in [1.29, 1.82) is 0 Å². The second kappa shape index (κ2) is 23.0. The van der Waals surface area contributed by atoms with E-state index in [-0.39, 0.29) is 36.4 Å². The van der Waals surface area contributed by atoms with Gasteiger partial charge in [0.1, 0.15) is 6.29 Å². The summed E-state index contributed by atoms with van der Waals surface area (Å²) in [5, 5.41) is 10.0. The third-order valence-corrected chi connectivity index (χ3v) is 5.25. The second-order valence-corrected chi connectivity index (χ2v) is 9.01. The number of aldehydes is 1. The fourth-order valence-corrected chi connectivity index (χ4v) is 3.08. The van der Waals surface area contributed by atoms with Gasteiger partial charge in [0.15, 0.2) is 0 Å². The fraction of sp³-hybridized carbons (Fsp3) is 0.679. The number of likely N-dealkylation sites (N-methyl/N-ethyl adjacent to an activating group) is 1. The Labute approximate surface area is 230 Å². The van der Waals surface area contributed by atoms with Crippen LogP contribution >= 0.6 is 0 Å². The van der Waals surface area contributed by atoms with Crippen LogP contribution in [0.2, 0.25) is 0 Å². The highest BCUT2D eigenvalue weighted by atomic mass is 16.2. The highest BCUT2D eigenvalue weighted by Crippen LogP contribution is 2.17. The summed E-state index contributed by atoms with van der Waals surface area (Å²) in [4.78, 5) is 59.5. The van der Waals surface area contributed by atoms with E-state index < -0.39 is 23.8 Å². The lowest BCUT2D eigenvalue weighted by Gasteiger charge is -2.26. The van der Waals surface area contributed by atoms with Crippen molar-refractivity contribution in [3.05, 3.63) is 12.7 Å². The van der Waals surface area contributed by atoms with E-state index in [1.54, 1.807) is 0 Å². The Morgan fingerprint density at radius 3 is 2.11 bits per heavy atom. The second-order valence-electron chi connectivity index (χ2n) is 9.01. The zero-order valence-corrected chi connectivity index (χ0v) is 24.9. The summed E-state index contributed by atoms with van der Waals surface area (Å²) >= 11 is 0. The molecule has 0 bridgehead atoms. The Hall–Kier alpha value is -3.19. The van der Waals surface area contributed by atoms with Gasteiger partial charge in [-0.3, -0.25) is 19.3 Å². The summed E-state index contributed by atoms with van der Waals surface area (Å²) in [6, 6.07) is -1.92. The first-order valence-corrected chi connectivity index (χ1v) is 13.2. The predicted octanol–water partition coefficient (Wildman–Crippen LogP) is 2.43. The molecule has 218 valence electrons. The zero-order chi connectivity index (χ0) is 30.3. The number of hydrogen-bond acceptors (Lipinski definition) is 6. The Kier molecular flexibility index (Phi) is 23.8. The Morgan fingerprint density at radius 1 is 1.13 bits per heavy atom. The van der Waals surface area contributed by atoms with Gasteiger partial charge in [-0.25, -0.2) is 4.79 Å². The van der Waals surface area contributed by atoms with Crippen LogP contribution in [0, 0.1) is 17.8 Å². The molecule has 0 aliphatic carbocycles. The van der Waals surface area contributed by atoms with Gasteiger partial charge in [-0.1, -0.05) is 54.5 Å². The normalized spacial score (nSPS) is 15.5. The Balaban J connectivity index is -0.000000649. The van der Waals surface area contributed by atoms with Gasteiger partial charge in [0.05, 0.1) is 18.1 Å². The number of hydrogen-bond donors (Lipinski definition) is 4. The number of ketones is 1. The molecule has 1 fully saturated rings. The molecule has 1 rings (SSSR count). The topological polar surface area (TPSA) is 137 Å². The van der Waals surface area contributed by atoms with Crippen molar-refractivity contribution in [2.45, 2.75) is 92.3 Å². The smallest absolute Gasteiger partial charge is 0.315 e. The van der Waals surface area contributed by atoms with E-state index in [1.165, 1.54) is 13.1 Å². The molecule has 10 heteroatoms. The third-order valence-electron chi connectivity index (χ3n) is 5.25.